The maximum absolute atomic E-state index is 4.53. The third-order valence-electron chi connectivity index (χ3n) is 3.23. The molecule has 0 atom stereocenters. The van der Waals surface area contributed by atoms with Gasteiger partial charge in [-0.1, -0.05) is 39.5 Å². The van der Waals surface area contributed by atoms with Gasteiger partial charge >= 0.3 is 0 Å². The molecule has 18 heavy (non-hydrogen) atoms. The van der Waals surface area contributed by atoms with Gasteiger partial charge in [0.05, 0.1) is 5.69 Å². The molecule has 1 aromatic rings. The monoisotopic (exact) mass is 268 g/mol. The molecule has 0 saturated carbocycles. The molecule has 0 aliphatic carbocycles. The van der Waals surface area contributed by atoms with E-state index in [-0.39, 0.29) is 0 Å². The Kier molecular flexibility index (Phi) is 7.52. The van der Waals surface area contributed by atoms with Gasteiger partial charge < -0.3 is 5.32 Å². The van der Waals surface area contributed by atoms with Gasteiger partial charge in [-0.05, 0) is 32.7 Å². The first-order valence-corrected chi connectivity index (χ1v) is 8.05. The summed E-state index contributed by atoms with van der Waals surface area (Å²) in [4.78, 5) is 5.88. The highest BCUT2D eigenvalue weighted by atomic mass is 32.1. The van der Waals surface area contributed by atoms with Crippen LogP contribution in [-0.4, -0.2) is 11.5 Å². The van der Waals surface area contributed by atoms with E-state index in [1.54, 1.807) is 0 Å². The lowest BCUT2D eigenvalue weighted by Crippen LogP contribution is -2.14. The fourth-order valence-electron chi connectivity index (χ4n) is 1.97. The highest BCUT2D eigenvalue weighted by molar-refractivity contribution is 7.11. The van der Waals surface area contributed by atoms with E-state index in [0.29, 0.717) is 0 Å². The largest absolute Gasteiger partial charge is 0.310 e. The summed E-state index contributed by atoms with van der Waals surface area (Å²) in [6.45, 7) is 10.9. The first kappa shape index (κ1) is 15.6. The molecule has 3 heteroatoms. The number of nitrogens with zero attached hydrogens (tertiary/aromatic N) is 1. The summed E-state index contributed by atoms with van der Waals surface area (Å²) in [5.74, 6) is 0.861. The van der Waals surface area contributed by atoms with Crippen molar-refractivity contribution < 1.29 is 0 Å². The van der Waals surface area contributed by atoms with Crippen LogP contribution < -0.4 is 5.32 Å². The molecule has 0 saturated heterocycles. The maximum Gasteiger partial charge on any atom is 0.107 e. The Balaban J connectivity index is 1.96. The maximum atomic E-state index is 4.53. The number of nitrogens with one attached hydrogen (secondary N) is 1. The van der Waals surface area contributed by atoms with Crippen LogP contribution in [0.4, 0.5) is 0 Å². The van der Waals surface area contributed by atoms with Gasteiger partial charge in [0.25, 0.3) is 0 Å². The third kappa shape index (κ3) is 6.50. The molecule has 1 rings (SSSR count). The van der Waals surface area contributed by atoms with Gasteiger partial charge in [0.2, 0.25) is 0 Å². The average Bonchev–Trinajstić information content (AvgIpc) is 2.62. The standard InChI is InChI=1S/C15H28N2S/c1-12(2)9-7-5-6-8-10-16-11-15-17-13(3)14(4)18-15/h12,16H,5-11H2,1-4H3. The van der Waals surface area contributed by atoms with E-state index in [1.165, 1.54) is 47.7 Å². The van der Waals surface area contributed by atoms with Crippen molar-refractivity contribution in [1.82, 2.24) is 10.3 Å². The SMILES string of the molecule is Cc1nc(CNCCCCCCC(C)C)sc1C. The first-order valence-electron chi connectivity index (χ1n) is 7.23. The molecular weight excluding hydrogens is 240 g/mol. The van der Waals surface area contributed by atoms with Crippen LogP contribution in [0.2, 0.25) is 0 Å². The molecular formula is C15H28N2S. The normalized spacial score (nSPS) is 11.4. The van der Waals surface area contributed by atoms with Gasteiger partial charge in [0.15, 0.2) is 0 Å². The van der Waals surface area contributed by atoms with Crippen molar-refractivity contribution in [3.05, 3.63) is 15.6 Å². The molecule has 0 aliphatic heterocycles. The zero-order chi connectivity index (χ0) is 13.4. The van der Waals surface area contributed by atoms with Gasteiger partial charge in [-0.15, -0.1) is 11.3 Å². The molecule has 0 amide bonds. The summed E-state index contributed by atoms with van der Waals surface area (Å²) in [7, 11) is 0. The molecule has 0 aliphatic rings. The quantitative estimate of drug-likeness (QED) is 0.669. The summed E-state index contributed by atoms with van der Waals surface area (Å²) in [5.41, 5.74) is 1.19. The minimum atomic E-state index is 0.861. The summed E-state index contributed by atoms with van der Waals surface area (Å²) in [6, 6.07) is 0. The number of hydrogen-bond acceptors (Lipinski definition) is 3. The Labute approximate surface area is 116 Å². The Morgan fingerprint density at radius 1 is 1.11 bits per heavy atom. The smallest absolute Gasteiger partial charge is 0.107 e. The molecule has 1 heterocycles. The summed E-state index contributed by atoms with van der Waals surface area (Å²) < 4.78 is 0. The fourth-order valence-corrected chi connectivity index (χ4v) is 2.87. The van der Waals surface area contributed by atoms with Crippen LogP contribution in [0.15, 0.2) is 0 Å². The second-order valence-electron chi connectivity index (χ2n) is 5.52. The minimum absolute atomic E-state index is 0.861. The Hall–Kier alpha value is -0.410. The Morgan fingerprint density at radius 3 is 2.44 bits per heavy atom. The molecule has 0 fully saturated rings. The van der Waals surface area contributed by atoms with E-state index in [1.807, 2.05) is 11.3 Å². The van der Waals surface area contributed by atoms with E-state index in [9.17, 15) is 0 Å². The van der Waals surface area contributed by atoms with Crippen LogP contribution in [-0.2, 0) is 6.54 Å². The number of rotatable bonds is 9. The lowest BCUT2D eigenvalue weighted by Gasteiger charge is -2.05. The van der Waals surface area contributed by atoms with Crippen molar-refractivity contribution in [3.63, 3.8) is 0 Å². The molecule has 104 valence electrons. The summed E-state index contributed by atoms with van der Waals surface area (Å²) in [5, 5.41) is 4.72. The number of hydrogen-bond donors (Lipinski definition) is 1. The predicted octanol–water partition coefficient (Wildman–Crippen LogP) is 4.46. The van der Waals surface area contributed by atoms with Crippen molar-refractivity contribution in [3.8, 4) is 0 Å². The van der Waals surface area contributed by atoms with Crippen molar-refractivity contribution in [1.29, 1.82) is 0 Å². The van der Waals surface area contributed by atoms with Gasteiger partial charge in [-0.25, -0.2) is 4.98 Å². The van der Waals surface area contributed by atoms with Gasteiger partial charge in [-0.3, -0.25) is 0 Å². The molecule has 2 nitrogen and oxygen atoms in total. The van der Waals surface area contributed by atoms with E-state index in [0.717, 1.165) is 19.0 Å². The highest BCUT2D eigenvalue weighted by Gasteiger charge is 2.02. The number of thiazole rings is 1. The molecule has 1 N–H and O–H groups in total. The molecule has 0 bridgehead atoms. The molecule has 1 aromatic heterocycles. The molecule has 0 spiro atoms. The zero-order valence-corrected chi connectivity index (χ0v) is 13.2. The average molecular weight is 268 g/mol. The molecule has 0 aromatic carbocycles. The van der Waals surface area contributed by atoms with E-state index >= 15 is 0 Å². The van der Waals surface area contributed by atoms with Crippen LogP contribution in [0.3, 0.4) is 0 Å². The number of aromatic nitrogens is 1. The molecule has 0 radical (unpaired) electrons. The zero-order valence-electron chi connectivity index (χ0n) is 12.4. The topological polar surface area (TPSA) is 24.9 Å². The van der Waals surface area contributed by atoms with Crippen LogP contribution in [0.5, 0.6) is 0 Å². The van der Waals surface area contributed by atoms with Crippen LogP contribution in [0.25, 0.3) is 0 Å². The second-order valence-corrected chi connectivity index (χ2v) is 6.81. The van der Waals surface area contributed by atoms with Crippen LogP contribution in [0.1, 0.15) is 61.5 Å². The van der Waals surface area contributed by atoms with Gasteiger partial charge in [0.1, 0.15) is 5.01 Å². The number of aryl methyl sites for hydroxylation is 2. The summed E-state index contributed by atoms with van der Waals surface area (Å²) >= 11 is 1.82. The first-order chi connectivity index (χ1) is 8.59. The third-order valence-corrected chi connectivity index (χ3v) is 4.31. The van der Waals surface area contributed by atoms with E-state index < -0.39 is 0 Å². The highest BCUT2D eigenvalue weighted by Crippen LogP contribution is 2.16. The van der Waals surface area contributed by atoms with Crippen molar-refractivity contribution in [2.45, 2.75) is 66.3 Å². The predicted molar refractivity (Wildman–Crippen MR) is 81.2 cm³/mol. The van der Waals surface area contributed by atoms with E-state index in [4.69, 9.17) is 0 Å². The van der Waals surface area contributed by atoms with Gasteiger partial charge in [0, 0.05) is 11.4 Å². The lowest BCUT2D eigenvalue weighted by atomic mass is 10.0. The minimum Gasteiger partial charge on any atom is -0.310 e. The Morgan fingerprint density at radius 2 is 1.83 bits per heavy atom. The van der Waals surface area contributed by atoms with Crippen LogP contribution >= 0.6 is 11.3 Å². The van der Waals surface area contributed by atoms with E-state index in [2.05, 4.69) is 38.0 Å². The van der Waals surface area contributed by atoms with Gasteiger partial charge in [-0.2, -0.15) is 0 Å². The summed E-state index contributed by atoms with van der Waals surface area (Å²) in [6.07, 6.45) is 6.81. The van der Waals surface area contributed by atoms with Crippen molar-refractivity contribution in [2.75, 3.05) is 6.54 Å². The van der Waals surface area contributed by atoms with Crippen molar-refractivity contribution in [2.24, 2.45) is 5.92 Å². The lowest BCUT2D eigenvalue weighted by molar-refractivity contribution is 0.512. The van der Waals surface area contributed by atoms with Crippen molar-refractivity contribution >= 4 is 11.3 Å². The number of unbranched alkanes of at least 4 members (excludes halogenated alkanes) is 3. The molecule has 0 unspecified atom stereocenters. The van der Waals surface area contributed by atoms with Crippen LogP contribution in [0, 0.1) is 19.8 Å². The second kappa shape index (κ2) is 8.65. The fraction of sp³-hybridized carbons (Fsp3) is 0.800. The Bertz CT molecular complexity index is 312.